The van der Waals surface area contributed by atoms with Gasteiger partial charge in [-0.2, -0.15) is 0 Å². The van der Waals surface area contributed by atoms with Gasteiger partial charge >= 0.3 is 12.2 Å². The van der Waals surface area contributed by atoms with Gasteiger partial charge in [-0.1, -0.05) is 0 Å². The fraction of sp³-hybridized carbons (Fsp3) is 0.875. The Labute approximate surface area is 145 Å². The van der Waals surface area contributed by atoms with Crippen molar-refractivity contribution in [3.8, 4) is 0 Å². The van der Waals surface area contributed by atoms with E-state index in [4.69, 9.17) is 20.9 Å². The first-order valence-electron chi connectivity index (χ1n) is 8.07. The average molecular weight is 346 g/mol. The number of alkyl carbamates (subject to hydrolysis) is 2. The van der Waals surface area contributed by atoms with Gasteiger partial charge in [0, 0.05) is 17.6 Å². The van der Waals surface area contributed by atoms with Crippen LogP contribution >= 0.6 is 0 Å². The van der Waals surface area contributed by atoms with E-state index >= 15 is 0 Å². The molecule has 2 amide bonds. The molecule has 0 aromatic rings. The summed E-state index contributed by atoms with van der Waals surface area (Å²) in [5, 5.41) is 5.36. The van der Waals surface area contributed by atoms with Crippen LogP contribution in [0.1, 0.15) is 55.4 Å². The largest absolute Gasteiger partial charge is 0.444 e. The molecule has 2 atom stereocenters. The Morgan fingerprint density at radius 2 is 1.17 bits per heavy atom. The summed E-state index contributed by atoms with van der Waals surface area (Å²) >= 11 is 0. The maximum absolute atomic E-state index is 11.9. The van der Waals surface area contributed by atoms with Gasteiger partial charge < -0.3 is 31.6 Å². The standard InChI is InChI=1S/C16H34N4O4/c1-10(23-12(21)19-14(3,4)5)16(18,9-17)11(2)24-13(22)20-15(6,7)8/h10-11H,9,17-18H2,1-8H3,(H,19,21)(H,20,22). The number of carbonyl (C=O) groups excluding carboxylic acids is 2. The molecule has 2 unspecified atom stereocenters. The lowest BCUT2D eigenvalue weighted by atomic mass is 9.88. The third kappa shape index (κ3) is 7.83. The van der Waals surface area contributed by atoms with Crippen LogP contribution in [-0.4, -0.2) is 47.6 Å². The molecule has 0 aliphatic carbocycles. The van der Waals surface area contributed by atoms with Crippen LogP contribution in [0, 0.1) is 0 Å². The highest BCUT2D eigenvalue weighted by molar-refractivity contribution is 5.69. The van der Waals surface area contributed by atoms with Crippen molar-refractivity contribution in [2.24, 2.45) is 11.5 Å². The zero-order chi connectivity index (χ0) is 19.3. The lowest BCUT2D eigenvalue weighted by Gasteiger charge is -2.38. The molecule has 142 valence electrons. The average Bonchev–Trinajstić information content (AvgIpc) is 2.32. The van der Waals surface area contributed by atoms with Gasteiger partial charge in [0.2, 0.25) is 0 Å². The van der Waals surface area contributed by atoms with Crippen molar-refractivity contribution < 1.29 is 19.1 Å². The topological polar surface area (TPSA) is 129 Å². The molecular formula is C16H34N4O4. The molecule has 0 aliphatic rings. The second-order valence-corrected chi connectivity index (χ2v) is 8.16. The minimum atomic E-state index is -1.22. The highest BCUT2D eigenvalue weighted by atomic mass is 16.6. The van der Waals surface area contributed by atoms with Crippen LogP contribution in [0.5, 0.6) is 0 Å². The van der Waals surface area contributed by atoms with Crippen LogP contribution in [-0.2, 0) is 9.47 Å². The van der Waals surface area contributed by atoms with Gasteiger partial charge in [-0.25, -0.2) is 9.59 Å². The summed E-state index contributed by atoms with van der Waals surface area (Å²) in [7, 11) is 0. The van der Waals surface area contributed by atoms with E-state index in [1.165, 1.54) is 0 Å². The van der Waals surface area contributed by atoms with E-state index in [9.17, 15) is 9.59 Å². The van der Waals surface area contributed by atoms with Crippen LogP contribution in [0.3, 0.4) is 0 Å². The molecule has 0 aromatic heterocycles. The fourth-order valence-electron chi connectivity index (χ4n) is 1.87. The first kappa shape index (κ1) is 22.5. The summed E-state index contributed by atoms with van der Waals surface area (Å²) in [6.45, 7) is 14.2. The summed E-state index contributed by atoms with van der Waals surface area (Å²) in [6, 6.07) is 0. The summed E-state index contributed by atoms with van der Waals surface area (Å²) in [5.41, 5.74) is 9.94. The predicted octanol–water partition coefficient (Wildman–Crippen LogP) is 1.47. The molecule has 0 spiro atoms. The van der Waals surface area contributed by atoms with Gasteiger partial charge in [-0.15, -0.1) is 0 Å². The van der Waals surface area contributed by atoms with Gasteiger partial charge in [0.05, 0.1) is 0 Å². The monoisotopic (exact) mass is 346 g/mol. The molecule has 0 fully saturated rings. The highest BCUT2D eigenvalue weighted by Crippen LogP contribution is 2.18. The molecular weight excluding hydrogens is 312 g/mol. The summed E-state index contributed by atoms with van der Waals surface area (Å²) in [5.74, 6) is 0. The molecule has 0 radical (unpaired) electrons. The molecule has 8 heteroatoms. The zero-order valence-electron chi connectivity index (χ0n) is 16.1. The van der Waals surface area contributed by atoms with E-state index in [1.807, 2.05) is 41.5 Å². The van der Waals surface area contributed by atoms with Gasteiger partial charge in [0.25, 0.3) is 0 Å². The molecule has 8 nitrogen and oxygen atoms in total. The van der Waals surface area contributed by atoms with Crippen LogP contribution in [0.2, 0.25) is 0 Å². The third-order valence-electron chi connectivity index (χ3n) is 3.39. The van der Waals surface area contributed by atoms with Crippen LogP contribution in [0.4, 0.5) is 9.59 Å². The fourth-order valence-corrected chi connectivity index (χ4v) is 1.87. The maximum Gasteiger partial charge on any atom is 0.407 e. The van der Waals surface area contributed by atoms with Crippen molar-refractivity contribution in [2.75, 3.05) is 6.54 Å². The summed E-state index contributed by atoms with van der Waals surface area (Å²) in [6.07, 6.45) is -2.74. The second kappa shape index (κ2) is 8.02. The normalized spacial score (nSPS) is 17.2. The minimum Gasteiger partial charge on any atom is -0.444 e. The smallest absolute Gasteiger partial charge is 0.407 e. The lowest BCUT2D eigenvalue weighted by molar-refractivity contribution is -0.0123. The number of hydrogen-bond acceptors (Lipinski definition) is 6. The van der Waals surface area contributed by atoms with Crippen molar-refractivity contribution in [3.05, 3.63) is 0 Å². The third-order valence-corrected chi connectivity index (χ3v) is 3.39. The number of nitrogens with two attached hydrogens (primary N) is 2. The highest BCUT2D eigenvalue weighted by Gasteiger charge is 2.42. The quantitative estimate of drug-likeness (QED) is 0.596. The SMILES string of the molecule is CC(OC(=O)NC(C)(C)C)C(N)(CN)C(C)OC(=O)NC(C)(C)C. The number of nitrogens with one attached hydrogen (secondary N) is 2. The molecule has 0 saturated carbocycles. The van der Waals surface area contributed by atoms with Crippen LogP contribution < -0.4 is 22.1 Å². The van der Waals surface area contributed by atoms with Crippen molar-refractivity contribution in [1.29, 1.82) is 0 Å². The van der Waals surface area contributed by atoms with Crippen LogP contribution in [0.25, 0.3) is 0 Å². The van der Waals surface area contributed by atoms with Crippen molar-refractivity contribution in [3.63, 3.8) is 0 Å². The van der Waals surface area contributed by atoms with Gasteiger partial charge in [-0.3, -0.25) is 0 Å². The molecule has 24 heavy (non-hydrogen) atoms. The van der Waals surface area contributed by atoms with E-state index in [2.05, 4.69) is 10.6 Å². The Morgan fingerprint density at radius 3 is 1.38 bits per heavy atom. The van der Waals surface area contributed by atoms with E-state index < -0.39 is 41.0 Å². The van der Waals surface area contributed by atoms with Crippen molar-refractivity contribution >= 4 is 12.2 Å². The Hall–Kier alpha value is -1.54. The molecule has 0 rings (SSSR count). The zero-order valence-corrected chi connectivity index (χ0v) is 16.1. The van der Waals surface area contributed by atoms with E-state index in [1.54, 1.807) is 13.8 Å². The number of ether oxygens (including phenoxy) is 2. The van der Waals surface area contributed by atoms with Crippen molar-refractivity contribution in [1.82, 2.24) is 10.6 Å². The maximum atomic E-state index is 11.9. The number of hydrogen-bond donors (Lipinski definition) is 4. The van der Waals surface area contributed by atoms with Gasteiger partial charge in [0.1, 0.15) is 17.7 Å². The minimum absolute atomic E-state index is 0.0269. The van der Waals surface area contributed by atoms with Gasteiger partial charge in [-0.05, 0) is 55.4 Å². The molecule has 0 aliphatic heterocycles. The summed E-state index contributed by atoms with van der Waals surface area (Å²) < 4.78 is 10.6. The molecule has 0 aromatic carbocycles. The van der Waals surface area contributed by atoms with Crippen LogP contribution in [0.15, 0.2) is 0 Å². The van der Waals surface area contributed by atoms with E-state index in [-0.39, 0.29) is 6.54 Å². The Morgan fingerprint density at radius 1 is 0.875 bits per heavy atom. The number of carbonyl (C=O) groups is 2. The van der Waals surface area contributed by atoms with E-state index in [0.29, 0.717) is 0 Å². The van der Waals surface area contributed by atoms with E-state index in [0.717, 1.165) is 0 Å². The Bertz CT molecular complexity index is 404. The second-order valence-electron chi connectivity index (χ2n) is 8.16. The molecule has 0 bridgehead atoms. The lowest BCUT2D eigenvalue weighted by Crippen LogP contribution is -2.65. The van der Waals surface area contributed by atoms with Gasteiger partial charge in [0.15, 0.2) is 0 Å². The van der Waals surface area contributed by atoms with Crippen molar-refractivity contribution in [2.45, 2.75) is 84.2 Å². The predicted molar refractivity (Wildman–Crippen MR) is 93.6 cm³/mol. The number of amides is 2. The summed E-state index contributed by atoms with van der Waals surface area (Å²) in [4.78, 5) is 23.8. The molecule has 0 heterocycles. The number of rotatable bonds is 5. The molecule has 6 N–H and O–H groups in total. The first-order valence-corrected chi connectivity index (χ1v) is 8.07. The molecule has 0 saturated heterocycles. The Balaban J connectivity index is 4.91. The first-order chi connectivity index (χ1) is 10.6. The Kier molecular flexibility index (Phi) is 7.51.